The minimum atomic E-state index is -0.271. The molecule has 0 bridgehead atoms. The number of nitrogens with zero attached hydrogens (tertiary/aromatic N) is 2. The van der Waals surface area contributed by atoms with Crippen LogP contribution in [0.25, 0.3) is 0 Å². The van der Waals surface area contributed by atoms with E-state index in [1.807, 2.05) is 20.8 Å². The standard InChI is InChI=1S/C16H20BrFN4O/c1-4-19-16(21-9-14-10(2)22-23-11(14)3)20-8-12-7-13(18)5-6-15(12)17/h5-7H,4,8-9H2,1-3H3,(H2,19,20,21). The molecule has 2 N–H and O–H groups in total. The number of nitrogens with one attached hydrogen (secondary N) is 2. The van der Waals surface area contributed by atoms with Gasteiger partial charge in [0.15, 0.2) is 5.96 Å². The van der Waals surface area contributed by atoms with Gasteiger partial charge in [0.25, 0.3) is 0 Å². The van der Waals surface area contributed by atoms with Crippen molar-refractivity contribution in [1.82, 2.24) is 15.8 Å². The summed E-state index contributed by atoms with van der Waals surface area (Å²) in [7, 11) is 0. The van der Waals surface area contributed by atoms with Crippen LogP contribution in [0.5, 0.6) is 0 Å². The molecule has 1 heterocycles. The fourth-order valence-corrected chi connectivity index (χ4v) is 2.47. The lowest BCUT2D eigenvalue weighted by Crippen LogP contribution is -2.37. The van der Waals surface area contributed by atoms with Gasteiger partial charge in [0.05, 0.1) is 12.2 Å². The average Bonchev–Trinajstić information content (AvgIpc) is 2.84. The van der Waals surface area contributed by atoms with E-state index in [9.17, 15) is 4.39 Å². The van der Waals surface area contributed by atoms with Crippen LogP contribution >= 0.6 is 15.9 Å². The highest BCUT2D eigenvalue weighted by Crippen LogP contribution is 2.18. The molecule has 5 nitrogen and oxygen atoms in total. The van der Waals surface area contributed by atoms with Gasteiger partial charge in [-0.3, -0.25) is 0 Å². The first-order chi connectivity index (χ1) is 11.0. The van der Waals surface area contributed by atoms with Gasteiger partial charge in [0.1, 0.15) is 11.6 Å². The minimum absolute atomic E-state index is 0.271. The van der Waals surface area contributed by atoms with Gasteiger partial charge in [-0.1, -0.05) is 21.1 Å². The zero-order chi connectivity index (χ0) is 16.8. The second-order valence-electron chi connectivity index (χ2n) is 5.09. The molecule has 0 atom stereocenters. The van der Waals surface area contributed by atoms with Crippen molar-refractivity contribution >= 4 is 21.9 Å². The Hall–Kier alpha value is -1.89. The predicted molar refractivity (Wildman–Crippen MR) is 91.7 cm³/mol. The molecule has 0 aliphatic rings. The molecule has 0 aliphatic heterocycles. The Morgan fingerprint density at radius 3 is 2.78 bits per heavy atom. The smallest absolute Gasteiger partial charge is 0.191 e. The molecule has 124 valence electrons. The number of aliphatic imine (C=N–C) groups is 1. The first-order valence-electron chi connectivity index (χ1n) is 7.39. The van der Waals surface area contributed by atoms with Crippen LogP contribution in [0.1, 0.15) is 29.5 Å². The lowest BCUT2D eigenvalue weighted by molar-refractivity contribution is 0.392. The lowest BCUT2D eigenvalue weighted by Gasteiger charge is -2.11. The lowest BCUT2D eigenvalue weighted by atomic mass is 10.2. The SMILES string of the molecule is CCNC(=NCc1cc(F)ccc1Br)NCc1c(C)noc1C. The summed E-state index contributed by atoms with van der Waals surface area (Å²) in [6.07, 6.45) is 0. The van der Waals surface area contributed by atoms with Crippen molar-refractivity contribution in [2.75, 3.05) is 6.54 Å². The van der Waals surface area contributed by atoms with Crippen LogP contribution in [0, 0.1) is 19.7 Å². The zero-order valence-corrected chi connectivity index (χ0v) is 15.0. The molecule has 0 amide bonds. The van der Waals surface area contributed by atoms with E-state index in [-0.39, 0.29) is 5.82 Å². The summed E-state index contributed by atoms with van der Waals surface area (Å²) in [4.78, 5) is 4.49. The fourth-order valence-electron chi connectivity index (χ4n) is 2.10. The Labute approximate surface area is 143 Å². The van der Waals surface area contributed by atoms with E-state index in [1.165, 1.54) is 12.1 Å². The molecule has 0 saturated carbocycles. The number of halogens is 2. The normalized spacial score (nSPS) is 11.6. The van der Waals surface area contributed by atoms with Crippen LogP contribution in [-0.4, -0.2) is 17.7 Å². The third kappa shape index (κ3) is 4.79. The largest absolute Gasteiger partial charge is 0.361 e. The quantitative estimate of drug-likeness (QED) is 0.613. The third-order valence-electron chi connectivity index (χ3n) is 3.37. The van der Waals surface area contributed by atoms with E-state index < -0.39 is 0 Å². The number of rotatable bonds is 5. The van der Waals surface area contributed by atoms with Crippen molar-refractivity contribution in [3.05, 3.63) is 51.1 Å². The number of hydrogen-bond acceptors (Lipinski definition) is 3. The maximum absolute atomic E-state index is 13.3. The molecule has 1 aromatic heterocycles. The van der Waals surface area contributed by atoms with Crippen molar-refractivity contribution in [2.45, 2.75) is 33.9 Å². The minimum Gasteiger partial charge on any atom is -0.361 e. The van der Waals surface area contributed by atoms with E-state index >= 15 is 0 Å². The molecule has 7 heteroatoms. The Morgan fingerprint density at radius 1 is 1.35 bits per heavy atom. The molecule has 0 aliphatic carbocycles. The van der Waals surface area contributed by atoms with E-state index in [1.54, 1.807) is 6.07 Å². The summed E-state index contributed by atoms with van der Waals surface area (Å²) < 4.78 is 19.3. The summed E-state index contributed by atoms with van der Waals surface area (Å²) >= 11 is 3.41. The molecule has 0 unspecified atom stereocenters. The highest BCUT2D eigenvalue weighted by molar-refractivity contribution is 9.10. The number of benzene rings is 1. The first kappa shape index (κ1) is 17.5. The van der Waals surface area contributed by atoms with Gasteiger partial charge in [0, 0.05) is 23.1 Å². The summed E-state index contributed by atoms with van der Waals surface area (Å²) in [5, 5.41) is 10.3. The first-order valence-corrected chi connectivity index (χ1v) is 8.18. The Bertz CT molecular complexity index is 680. The topological polar surface area (TPSA) is 62.5 Å². The van der Waals surface area contributed by atoms with Gasteiger partial charge in [-0.25, -0.2) is 9.38 Å². The summed E-state index contributed by atoms with van der Waals surface area (Å²) in [6.45, 7) is 7.45. The van der Waals surface area contributed by atoms with Crippen molar-refractivity contribution in [1.29, 1.82) is 0 Å². The monoisotopic (exact) mass is 382 g/mol. The number of aromatic nitrogens is 1. The van der Waals surface area contributed by atoms with Gasteiger partial charge in [-0.2, -0.15) is 0 Å². The van der Waals surface area contributed by atoms with Gasteiger partial charge < -0.3 is 15.2 Å². The van der Waals surface area contributed by atoms with Crippen LogP contribution in [0.3, 0.4) is 0 Å². The molecular formula is C16H20BrFN4O. The maximum Gasteiger partial charge on any atom is 0.191 e. The maximum atomic E-state index is 13.3. The van der Waals surface area contributed by atoms with Gasteiger partial charge in [-0.15, -0.1) is 0 Å². The molecule has 0 spiro atoms. The van der Waals surface area contributed by atoms with Crippen molar-refractivity contribution < 1.29 is 8.91 Å². The third-order valence-corrected chi connectivity index (χ3v) is 4.15. The molecule has 2 aromatic rings. The van der Waals surface area contributed by atoms with Crippen LogP contribution < -0.4 is 10.6 Å². The van der Waals surface area contributed by atoms with Crippen LogP contribution in [-0.2, 0) is 13.1 Å². The second-order valence-corrected chi connectivity index (χ2v) is 5.94. The number of aryl methyl sites for hydroxylation is 2. The van der Waals surface area contributed by atoms with Gasteiger partial charge in [-0.05, 0) is 44.5 Å². The van der Waals surface area contributed by atoms with Crippen molar-refractivity contribution in [3.8, 4) is 0 Å². The van der Waals surface area contributed by atoms with E-state index in [4.69, 9.17) is 4.52 Å². The van der Waals surface area contributed by atoms with Crippen LogP contribution in [0.15, 0.2) is 32.2 Å². The molecular weight excluding hydrogens is 363 g/mol. The van der Waals surface area contributed by atoms with Crippen molar-refractivity contribution in [3.63, 3.8) is 0 Å². The van der Waals surface area contributed by atoms with E-state index in [0.717, 1.165) is 33.6 Å². The van der Waals surface area contributed by atoms with E-state index in [2.05, 4.69) is 36.7 Å². The predicted octanol–water partition coefficient (Wildman–Crippen LogP) is 3.45. The second kappa shape index (κ2) is 8.10. The van der Waals surface area contributed by atoms with Gasteiger partial charge >= 0.3 is 0 Å². The Balaban J connectivity index is 2.07. The molecule has 0 saturated heterocycles. The molecule has 0 fully saturated rings. The van der Waals surface area contributed by atoms with E-state index in [0.29, 0.717) is 19.0 Å². The molecule has 2 rings (SSSR count). The molecule has 23 heavy (non-hydrogen) atoms. The van der Waals surface area contributed by atoms with Gasteiger partial charge in [0.2, 0.25) is 0 Å². The molecule has 1 aromatic carbocycles. The summed E-state index contributed by atoms with van der Waals surface area (Å²) in [5.41, 5.74) is 2.67. The highest BCUT2D eigenvalue weighted by atomic mass is 79.9. The molecule has 0 radical (unpaired) electrons. The Morgan fingerprint density at radius 2 is 2.13 bits per heavy atom. The summed E-state index contributed by atoms with van der Waals surface area (Å²) in [6, 6.07) is 4.58. The average molecular weight is 383 g/mol. The zero-order valence-electron chi connectivity index (χ0n) is 13.4. The van der Waals surface area contributed by atoms with Crippen LogP contribution in [0.4, 0.5) is 4.39 Å². The highest BCUT2D eigenvalue weighted by Gasteiger charge is 2.09. The summed E-state index contributed by atoms with van der Waals surface area (Å²) in [5.74, 6) is 1.18. The van der Waals surface area contributed by atoms with Crippen molar-refractivity contribution in [2.24, 2.45) is 4.99 Å². The fraction of sp³-hybridized carbons (Fsp3) is 0.375. The Kier molecular flexibility index (Phi) is 6.15. The number of hydrogen-bond donors (Lipinski definition) is 2. The number of guanidine groups is 1. The van der Waals surface area contributed by atoms with Crippen LogP contribution in [0.2, 0.25) is 0 Å².